The van der Waals surface area contributed by atoms with Gasteiger partial charge in [-0.25, -0.2) is 10.4 Å². The van der Waals surface area contributed by atoms with Crippen LogP contribution >= 0.6 is 11.3 Å². The summed E-state index contributed by atoms with van der Waals surface area (Å²) in [6, 6.07) is 8.19. The predicted octanol–water partition coefficient (Wildman–Crippen LogP) is 2.46. The van der Waals surface area contributed by atoms with E-state index in [1.54, 1.807) is 11.3 Å². The summed E-state index contributed by atoms with van der Waals surface area (Å²) < 4.78 is 0. The third-order valence-electron chi connectivity index (χ3n) is 3.28. The maximum Gasteiger partial charge on any atom is 0.246 e. The van der Waals surface area contributed by atoms with Crippen LogP contribution in [0.4, 0.5) is 0 Å². The Morgan fingerprint density at radius 2 is 2.25 bits per heavy atom. The summed E-state index contributed by atoms with van der Waals surface area (Å²) in [6.07, 6.45) is 2.16. The Labute approximate surface area is 121 Å². The van der Waals surface area contributed by atoms with E-state index >= 15 is 0 Å². The van der Waals surface area contributed by atoms with E-state index in [-0.39, 0.29) is 12.3 Å². The number of hydrogen-bond donors (Lipinski definition) is 1. The number of rotatable bonds is 3. The highest BCUT2D eigenvalue weighted by molar-refractivity contribution is 7.09. The number of carbonyl (C=O) groups is 1. The summed E-state index contributed by atoms with van der Waals surface area (Å²) in [6.45, 7) is 1.93. The van der Waals surface area contributed by atoms with Crippen LogP contribution in [0.3, 0.4) is 0 Å². The van der Waals surface area contributed by atoms with Crippen molar-refractivity contribution in [2.45, 2.75) is 26.2 Å². The second kappa shape index (κ2) is 5.54. The number of benzene rings is 1. The molecule has 1 aromatic carbocycles. The van der Waals surface area contributed by atoms with E-state index in [0.717, 1.165) is 34.8 Å². The number of thiazole rings is 1. The Morgan fingerprint density at radius 1 is 1.40 bits per heavy atom. The maximum atomic E-state index is 11.8. The Kier molecular flexibility index (Phi) is 3.60. The second-order valence-electron chi connectivity index (χ2n) is 4.79. The van der Waals surface area contributed by atoms with Gasteiger partial charge in [-0.2, -0.15) is 5.10 Å². The first-order valence-electron chi connectivity index (χ1n) is 6.57. The largest absolute Gasteiger partial charge is 0.273 e. The van der Waals surface area contributed by atoms with E-state index in [0.29, 0.717) is 0 Å². The van der Waals surface area contributed by atoms with Crippen molar-refractivity contribution in [3.05, 3.63) is 51.5 Å². The van der Waals surface area contributed by atoms with Gasteiger partial charge >= 0.3 is 0 Å². The van der Waals surface area contributed by atoms with E-state index in [4.69, 9.17) is 0 Å². The van der Waals surface area contributed by atoms with Crippen LogP contribution in [-0.4, -0.2) is 16.6 Å². The smallest absolute Gasteiger partial charge is 0.246 e. The van der Waals surface area contributed by atoms with Crippen LogP contribution in [0.2, 0.25) is 0 Å². The molecule has 1 aliphatic carbocycles. The predicted molar refractivity (Wildman–Crippen MR) is 80.0 cm³/mol. The lowest BCUT2D eigenvalue weighted by atomic mass is 10.1. The number of aromatic nitrogens is 1. The van der Waals surface area contributed by atoms with Gasteiger partial charge in [-0.05, 0) is 25.3 Å². The molecule has 1 N–H and O–H groups in total. The standard InChI is InChI=1S/C15H15N3OS/c1-10-16-12(9-20-10)8-15(19)18-17-14-7-6-11-4-2-3-5-13(11)14/h2-5,9H,6-8H2,1H3,(H,18,19). The van der Waals surface area contributed by atoms with Crippen molar-refractivity contribution >= 4 is 23.0 Å². The summed E-state index contributed by atoms with van der Waals surface area (Å²) in [4.78, 5) is 16.1. The number of aryl methyl sites for hydroxylation is 2. The summed E-state index contributed by atoms with van der Waals surface area (Å²) in [5.41, 5.74) is 6.85. The highest BCUT2D eigenvalue weighted by atomic mass is 32.1. The molecule has 0 bridgehead atoms. The first-order valence-corrected chi connectivity index (χ1v) is 7.45. The minimum absolute atomic E-state index is 0.118. The maximum absolute atomic E-state index is 11.8. The van der Waals surface area contributed by atoms with Crippen LogP contribution < -0.4 is 5.43 Å². The fraction of sp³-hybridized carbons (Fsp3) is 0.267. The number of nitrogens with one attached hydrogen (secondary N) is 1. The van der Waals surface area contributed by atoms with Gasteiger partial charge in [0.25, 0.3) is 0 Å². The van der Waals surface area contributed by atoms with Crippen LogP contribution in [0.1, 0.15) is 28.2 Å². The van der Waals surface area contributed by atoms with Gasteiger partial charge in [0, 0.05) is 10.9 Å². The molecular weight excluding hydrogens is 270 g/mol. The van der Waals surface area contributed by atoms with Crippen LogP contribution in [0.15, 0.2) is 34.7 Å². The fourth-order valence-electron chi connectivity index (χ4n) is 2.35. The van der Waals surface area contributed by atoms with Crippen LogP contribution in [0, 0.1) is 6.92 Å². The minimum Gasteiger partial charge on any atom is -0.273 e. The number of amides is 1. The first-order chi connectivity index (χ1) is 9.72. The van der Waals surface area contributed by atoms with Crippen molar-refractivity contribution in [1.29, 1.82) is 0 Å². The molecule has 5 heteroatoms. The van der Waals surface area contributed by atoms with Gasteiger partial charge in [-0.3, -0.25) is 4.79 Å². The molecule has 0 unspecified atom stereocenters. The van der Waals surface area contributed by atoms with Gasteiger partial charge in [-0.1, -0.05) is 24.3 Å². The number of hydrazone groups is 1. The molecule has 1 aliphatic rings. The van der Waals surface area contributed by atoms with Crippen LogP contribution in [0.5, 0.6) is 0 Å². The van der Waals surface area contributed by atoms with Crippen molar-refractivity contribution in [1.82, 2.24) is 10.4 Å². The summed E-state index contributed by atoms with van der Waals surface area (Å²) in [5, 5.41) is 7.15. The highest BCUT2D eigenvalue weighted by Gasteiger charge is 2.17. The van der Waals surface area contributed by atoms with Crippen LogP contribution in [-0.2, 0) is 17.6 Å². The fourth-order valence-corrected chi connectivity index (χ4v) is 2.96. The molecule has 4 nitrogen and oxygen atoms in total. The van der Waals surface area contributed by atoms with Gasteiger partial charge in [-0.15, -0.1) is 11.3 Å². The zero-order valence-electron chi connectivity index (χ0n) is 11.2. The summed E-state index contributed by atoms with van der Waals surface area (Å²) in [7, 11) is 0. The molecule has 0 fully saturated rings. The molecule has 20 heavy (non-hydrogen) atoms. The molecule has 1 aromatic heterocycles. The van der Waals surface area contributed by atoms with Crippen molar-refractivity contribution in [2.75, 3.05) is 0 Å². The molecular formula is C15H15N3OS. The van der Waals surface area contributed by atoms with E-state index in [2.05, 4.69) is 27.6 Å². The highest BCUT2D eigenvalue weighted by Crippen LogP contribution is 2.21. The van der Waals surface area contributed by atoms with Gasteiger partial charge in [0.05, 0.1) is 22.8 Å². The number of fused-ring (bicyclic) bond motifs is 1. The Bertz CT molecular complexity index is 675. The molecule has 3 rings (SSSR count). The van der Waals surface area contributed by atoms with Crippen molar-refractivity contribution in [2.24, 2.45) is 5.10 Å². The topological polar surface area (TPSA) is 54.4 Å². The van der Waals surface area contributed by atoms with Gasteiger partial charge in [0.1, 0.15) is 0 Å². The Hall–Kier alpha value is -2.01. The lowest BCUT2D eigenvalue weighted by molar-refractivity contribution is -0.120. The molecule has 1 heterocycles. The molecule has 0 radical (unpaired) electrons. The minimum atomic E-state index is -0.118. The second-order valence-corrected chi connectivity index (χ2v) is 5.85. The quantitative estimate of drug-likeness (QED) is 0.881. The molecule has 0 spiro atoms. The average molecular weight is 285 g/mol. The summed E-state index contributed by atoms with van der Waals surface area (Å²) in [5.74, 6) is -0.118. The monoisotopic (exact) mass is 285 g/mol. The zero-order chi connectivity index (χ0) is 13.9. The van der Waals surface area contributed by atoms with Crippen molar-refractivity contribution in [3.63, 3.8) is 0 Å². The van der Waals surface area contributed by atoms with Crippen molar-refractivity contribution < 1.29 is 4.79 Å². The molecule has 0 saturated heterocycles. The Morgan fingerprint density at radius 3 is 3.05 bits per heavy atom. The van der Waals surface area contributed by atoms with E-state index < -0.39 is 0 Å². The first kappa shape index (κ1) is 13.0. The van der Waals surface area contributed by atoms with E-state index in [1.165, 1.54) is 5.56 Å². The van der Waals surface area contributed by atoms with E-state index in [1.807, 2.05) is 24.4 Å². The lowest BCUT2D eigenvalue weighted by Crippen LogP contribution is -2.21. The third-order valence-corrected chi connectivity index (χ3v) is 4.11. The van der Waals surface area contributed by atoms with Gasteiger partial charge < -0.3 is 0 Å². The number of nitrogens with zero attached hydrogens (tertiary/aromatic N) is 2. The number of carbonyl (C=O) groups excluding carboxylic acids is 1. The molecule has 0 atom stereocenters. The van der Waals surface area contributed by atoms with Gasteiger partial charge in [0.15, 0.2) is 0 Å². The van der Waals surface area contributed by atoms with Crippen LogP contribution in [0.25, 0.3) is 0 Å². The number of hydrogen-bond acceptors (Lipinski definition) is 4. The Balaban J connectivity index is 1.65. The lowest BCUT2D eigenvalue weighted by Gasteiger charge is -2.01. The third kappa shape index (κ3) is 2.77. The van der Waals surface area contributed by atoms with Crippen molar-refractivity contribution in [3.8, 4) is 0 Å². The molecule has 2 aromatic rings. The normalized spacial score (nSPS) is 15.3. The molecule has 1 amide bonds. The zero-order valence-corrected chi connectivity index (χ0v) is 12.0. The van der Waals surface area contributed by atoms with E-state index in [9.17, 15) is 4.79 Å². The van der Waals surface area contributed by atoms with Gasteiger partial charge in [0.2, 0.25) is 5.91 Å². The summed E-state index contributed by atoms with van der Waals surface area (Å²) >= 11 is 1.55. The molecule has 0 aliphatic heterocycles. The molecule has 102 valence electrons. The molecule has 0 saturated carbocycles. The SMILES string of the molecule is Cc1nc(CC(=O)NN=C2CCc3ccccc32)cs1. The average Bonchev–Trinajstić information content (AvgIpc) is 3.03.